The van der Waals surface area contributed by atoms with Gasteiger partial charge in [-0.2, -0.15) is 0 Å². The van der Waals surface area contributed by atoms with Crippen LogP contribution in [-0.2, 0) is 0 Å². The number of hydrogen-bond donors (Lipinski definition) is 0. The van der Waals surface area contributed by atoms with Crippen LogP contribution in [0.2, 0.25) is 0 Å². The number of para-hydroxylation sites is 3. The average Bonchev–Trinajstić information content (AvgIpc) is 3.77. The van der Waals surface area contributed by atoms with Crippen molar-refractivity contribution in [3.63, 3.8) is 0 Å². The molecule has 56 heavy (non-hydrogen) atoms. The van der Waals surface area contributed by atoms with E-state index in [-0.39, 0.29) is 11.8 Å². The highest BCUT2D eigenvalue weighted by molar-refractivity contribution is 6.13. The van der Waals surface area contributed by atoms with Gasteiger partial charge in [0.1, 0.15) is 5.69 Å². The summed E-state index contributed by atoms with van der Waals surface area (Å²) in [6, 6.07) is 56.8. The average molecular weight is 715 g/mol. The lowest BCUT2D eigenvalue weighted by molar-refractivity contribution is 0.650. The van der Waals surface area contributed by atoms with Crippen molar-refractivity contribution in [2.24, 2.45) is 5.92 Å². The fourth-order valence-corrected chi connectivity index (χ4v) is 9.31. The first-order chi connectivity index (χ1) is 27.8. The van der Waals surface area contributed by atoms with E-state index in [1.54, 1.807) is 0 Å². The molecule has 0 spiro atoms. The van der Waals surface area contributed by atoms with E-state index in [4.69, 9.17) is 9.97 Å². The molecule has 2 aliphatic carbocycles. The smallest absolute Gasteiger partial charge is 0.164 e. The fraction of sp³-hybridized carbons (Fsp3) is 0.0385. The first kappa shape index (κ1) is 31.1. The van der Waals surface area contributed by atoms with Crippen molar-refractivity contribution in [1.29, 1.82) is 0 Å². The number of allylic oxidation sites excluding steroid dienone is 8. The van der Waals surface area contributed by atoms with Crippen molar-refractivity contribution in [2.45, 2.75) is 5.92 Å². The zero-order chi connectivity index (χ0) is 36.7. The van der Waals surface area contributed by atoms with Crippen molar-refractivity contribution < 1.29 is 0 Å². The van der Waals surface area contributed by atoms with Gasteiger partial charge in [0.2, 0.25) is 0 Å². The highest BCUT2D eigenvalue weighted by Crippen LogP contribution is 2.56. The Balaban J connectivity index is 1.11. The molecule has 2 atom stereocenters. The number of fused-ring (bicyclic) bond motifs is 10. The molecule has 7 aromatic carbocycles. The van der Waals surface area contributed by atoms with Gasteiger partial charge in [-0.1, -0.05) is 146 Å². The molecule has 0 amide bonds. The zero-order valence-electron chi connectivity index (χ0n) is 30.4. The predicted molar refractivity (Wildman–Crippen MR) is 232 cm³/mol. The van der Waals surface area contributed by atoms with E-state index in [2.05, 4.69) is 192 Å². The minimum Gasteiger partial charge on any atom is -0.309 e. The van der Waals surface area contributed by atoms with Gasteiger partial charge in [0.15, 0.2) is 5.82 Å². The SMILES string of the molecule is C1=CC2=CC=C3C(c4ccc(-n5c6ccccc6c6cc7ccccc7cc65)cc4N3c3nc4ccccc4nc3-c3ccc(-c4ccccc4)cc3)C2C=C1. The van der Waals surface area contributed by atoms with Crippen molar-refractivity contribution in [3.05, 3.63) is 211 Å². The minimum atomic E-state index is 0.129. The molecule has 262 valence electrons. The summed E-state index contributed by atoms with van der Waals surface area (Å²) in [5.74, 6) is 1.18. The predicted octanol–water partition coefficient (Wildman–Crippen LogP) is 13.0. The molecule has 0 N–H and O–H groups in total. The van der Waals surface area contributed by atoms with Crippen LogP contribution in [0.3, 0.4) is 0 Å². The Bertz CT molecular complexity index is 3200. The normalized spacial score (nSPS) is 17.0. The summed E-state index contributed by atoms with van der Waals surface area (Å²) in [4.78, 5) is 13.3. The second kappa shape index (κ2) is 12.1. The van der Waals surface area contributed by atoms with E-state index >= 15 is 0 Å². The Morgan fingerprint density at radius 3 is 2.09 bits per heavy atom. The van der Waals surface area contributed by atoms with Crippen LogP contribution in [0.25, 0.3) is 71.7 Å². The zero-order valence-corrected chi connectivity index (χ0v) is 30.4. The quantitative estimate of drug-likeness (QED) is 0.182. The monoisotopic (exact) mass is 714 g/mol. The van der Waals surface area contributed by atoms with E-state index < -0.39 is 0 Å². The Morgan fingerprint density at radius 1 is 0.518 bits per heavy atom. The van der Waals surface area contributed by atoms with Crippen molar-refractivity contribution in [1.82, 2.24) is 14.5 Å². The van der Waals surface area contributed by atoms with Crippen LogP contribution < -0.4 is 4.90 Å². The third-order valence-electron chi connectivity index (χ3n) is 11.9. The molecule has 4 heteroatoms. The van der Waals surface area contributed by atoms with Gasteiger partial charge in [-0.15, -0.1) is 0 Å². The first-order valence-corrected chi connectivity index (χ1v) is 19.3. The molecular weight excluding hydrogens is 681 g/mol. The molecule has 3 aliphatic rings. The maximum atomic E-state index is 5.50. The molecule has 1 aliphatic heterocycles. The first-order valence-electron chi connectivity index (χ1n) is 19.3. The van der Waals surface area contributed by atoms with Gasteiger partial charge in [0, 0.05) is 39.6 Å². The standard InChI is InChI=1S/C52H34N4/c1-2-12-33(13-3-1)34-22-24-36(25-23-34)51-52(54-45-20-10-9-19-44(45)53-51)56-47-29-26-35-14-6-7-17-40(35)50(47)42-28-27-39(32-49(42)56)55-46-21-11-8-18-41(46)43-30-37-15-4-5-16-38(37)31-48(43)55/h1-32,40,50H. The molecule has 0 saturated carbocycles. The van der Waals surface area contributed by atoms with Crippen molar-refractivity contribution in [3.8, 4) is 28.1 Å². The number of rotatable bonds is 4. The van der Waals surface area contributed by atoms with Gasteiger partial charge in [0.25, 0.3) is 0 Å². The third kappa shape index (κ3) is 4.66. The summed E-state index contributed by atoms with van der Waals surface area (Å²) in [7, 11) is 0. The Labute approximate surface area is 324 Å². The fourth-order valence-electron chi connectivity index (χ4n) is 9.31. The summed E-state index contributed by atoms with van der Waals surface area (Å²) >= 11 is 0. The maximum Gasteiger partial charge on any atom is 0.164 e. The van der Waals surface area contributed by atoms with Crippen LogP contribution in [0.4, 0.5) is 11.5 Å². The van der Waals surface area contributed by atoms with Crippen LogP contribution in [0.5, 0.6) is 0 Å². The number of nitrogens with zero attached hydrogens (tertiary/aromatic N) is 4. The molecule has 0 bridgehead atoms. The van der Waals surface area contributed by atoms with E-state index in [1.807, 2.05) is 12.1 Å². The number of anilines is 2. The van der Waals surface area contributed by atoms with E-state index in [1.165, 1.54) is 60.5 Å². The van der Waals surface area contributed by atoms with Crippen LogP contribution in [0.1, 0.15) is 11.5 Å². The van der Waals surface area contributed by atoms with Gasteiger partial charge in [-0.25, -0.2) is 9.97 Å². The number of benzene rings is 7. The lowest BCUT2D eigenvalue weighted by Gasteiger charge is -2.31. The summed E-state index contributed by atoms with van der Waals surface area (Å²) in [6.07, 6.45) is 13.6. The highest BCUT2D eigenvalue weighted by Gasteiger charge is 2.43. The topological polar surface area (TPSA) is 34.0 Å². The van der Waals surface area contributed by atoms with Crippen LogP contribution in [0, 0.1) is 5.92 Å². The van der Waals surface area contributed by atoms with E-state index in [9.17, 15) is 0 Å². The molecular formula is C52H34N4. The van der Waals surface area contributed by atoms with Crippen molar-refractivity contribution >= 4 is 55.1 Å². The van der Waals surface area contributed by atoms with E-state index in [0.29, 0.717) is 0 Å². The van der Waals surface area contributed by atoms with Gasteiger partial charge in [0.05, 0.1) is 27.8 Å². The molecule has 2 unspecified atom stereocenters. The van der Waals surface area contributed by atoms with Gasteiger partial charge in [-0.3, -0.25) is 4.90 Å². The minimum absolute atomic E-state index is 0.129. The Hall–Kier alpha value is -7.30. The Kier molecular flexibility index (Phi) is 6.72. The molecule has 0 saturated heterocycles. The highest BCUT2D eigenvalue weighted by atomic mass is 15.2. The Morgan fingerprint density at radius 2 is 1.23 bits per heavy atom. The summed E-state index contributed by atoms with van der Waals surface area (Å²) in [5, 5.41) is 4.98. The molecule has 4 nitrogen and oxygen atoms in total. The van der Waals surface area contributed by atoms with Crippen LogP contribution in [0.15, 0.2) is 205 Å². The molecule has 2 aromatic heterocycles. The summed E-state index contributed by atoms with van der Waals surface area (Å²) in [5.41, 5.74) is 14.5. The molecule has 12 rings (SSSR count). The van der Waals surface area contributed by atoms with Crippen LogP contribution in [-0.4, -0.2) is 14.5 Å². The van der Waals surface area contributed by atoms with Gasteiger partial charge in [-0.05, 0) is 81.6 Å². The number of hydrogen-bond acceptors (Lipinski definition) is 3. The number of aromatic nitrogens is 3. The molecule has 9 aromatic rings. The third-order valence-corrected chi connectivity index (χ3v) is 11.9. The lowest BCUT2D eigenvalue weighted by atomic mass is 9.76. The summed E-state index contributed by atoms with van der Waals surface area (Å²) < 4.78 is 2.44. The molecule has 0 radical (unpaired) electrons. The largest absolute Gasteiger partial charge is 0.309 e. The van der Waals surface area contributed by atoms with Crippen molar-refractivity contribution in [2.75, 3.05) is 4.90 Å². The van der Waals surface area contributed by atoms with Gasteiger partial charge < -0.3 is 4.57 Å². The molecule has 0 fully saturated rings. The summed E-state index contributed by atoms with van der Waals surface area (Å²) in [6.45, 7) is 0. The van der Waals surface area contributed by atoms with Gasteiger partial charge >= 0.3 is 0 Å². The lowest BCUT2D eigenvalue weighted by Crippen LogP contribution is -2.23. The second-order valence-corrected chi connectivity index (χ2v) is 15.0. The maximum absolute atomic E-state index is 5.50. The second-order valence-electron chi connectivity index (χ2n) is 15.0. The van der Waals surface area contributed by atoms with E-state index in [0.717, 1.165) is 39.5 Å². The van der Waals surface area contributed by atoms with Crippen LogP contribution >= 0.6 is 0 Å². The molecule has 3 heterocycles.